The molecule has 1 aromatic heterocycles. The second-order valence-corrected chi connectivity index (χ2v) is 6.47. The number of carbonyl (C=O) groups is 2. The van der Waals surface area contributed by atoms with Crippen molar-refractivity contribution in [3.8, 4) is 5.75 Å². The summed E-state index contributed by atoms with van der Waals surface area (Å²) in [6.45, 7) is -1.85. The number of likely N-dealkylation sites (tertiary alicyclic amines) is 1. The van der Waals surface area contributed by atoms with Gasteiger partial charge in [0.1, 0.15) is 11.5 Å². The number of furan rings is 1. The molecule has 0 saturated carbocycles. The maximum Gasteiger partial charge on any atom is 0.387 e. The minimum Gasteiger partial charge on any atom is -0.467 e. The first kappa shape index (κ1) is 18.9. The Balaban J connectivity index is 1.55. The van der Waals surface area contributed by atoms with E-state index in [4.69, 9.17) is 4.42 Å². The van der Waals surface area contributed by atoms with E-state index in [0.717, 1.165) is 5.56 Å². The molecule has 6 nitrogen and oxygen atoms in total. The van der Waals surface area contributed by atoms with Gasteiger partial charge in [-0.25, -0.2) is 0 Å². The van der Waals surface area contributed by atoms with Gasteiger partial charge in [0.25, 0.3) is 0 Å². The number of rotatable bonds is 7. The number of hydrogen-bond acceptors (Lipinski definition) is 4. The Morgan fingerprint density at radius 3 is 2.70 bits per heavy atom. The largest absolute Gasteiger partial charge is 0.467 e. The van der Waals surface area contributed by atoms with Crippen molar-refractivity contribution in [3.05, 3.63) is 54.0 Å². The van der Waals surface area contributed by atoms with Gasteiger partial charge in [-0.05, 0) is 29.8 Å². The molecule has 0 spiro atoms. The normalized spacial score (nSPS) is 16.8. The number of amides is 2. The fourth-order valence-electron chi connectivity index (χ4n) is 3.12. The summed E-state index contributed by atoms with van der Waals surface area (Å²) in [5.74, 6) is 0.136. The molecule has 144 valence electrons. The molecule has 1 atom stereocenters. The maximum absolute atomic E-state index is 12.7. The molecule has 1 aliphatic heterocycles. The fourth-order valence-corrected chi connectivity index (χ4v) is 3.12. The van der Waals surface area contributed by atoms with Gasteiger partial charge < -0.3 is 19.0 Å². The van der Waals surface area contributed by atoms with E-state index in [1.807, 2.05) is 0 Å². The Hall–Kier alpha value is -2.90. The summed E-state index contributed by atoms with van der Waals surface area (Å²) < 4.78 is 33.9. The number of ether oxygens (including phenoxy) is 1. The van der Waals surface area contributed by atoms with Crippen LogP contribution >= 0.6 is 0 Å². The van der Waals surface area contributed by atoms with E-state index < -0.39 is 12.5 Å². The molecule has 27 heavy (non-hydrogen) atoms. The molecule has 0 bridgehead atoms. The summed E-state index contributed by atoms with van der Waals surface area (Å²) in [4.78, 5) is 28.0. The van der Waals surface area contributed by atoms with Crippen molar-refractivity contribution in [1.29, 1.82) is 0 Å². The van der Waals surface area contributed by atoms with Gasteiger partial charge in [0.15, 0.2) is 0 Å². The first-order chi connectivity index (χ1) is 12.9. The number of halogens is 2. The number of hydrogen-bond donors (Lipinski definition) is 0. The average Bonchev–Trinajstić information content (AvgIpc) is 3.26. The quantitative estimate of drug-likeness (QED) is 0.743. The summed E-state index contributed by atoms with van der Waals surface area (Å²) in [7, 11) is 1.66. The van der Waals surface area contributed by atoms with Gasteiger partial charge >= 0.3 is 6.61 Å². The van der Waals surface area contributed by atoms with E-state index in [2.05, 4.69) is 4.74 Å². The first-order valence-corrected chi connectivity index (χ1v) is 8.51. The van der Waals surface area contributed by atoms with Crippen molar-refractivity contribution < 1.29 is 27.5 Å². The molecule has 3 rings (SSSR count). The molecule has 1 aliphatic rings. The van der Waals surface area contributed by atoms with Crippen molar-refractivity contribution >= 4 is 11.8 Å². The average molecular weight is 378 g/mol. The van der Waals surface area contributed by atoms with Gasteiger partial charge in [-0.15, -0.1) is 0 Å². The van der Waals surface area contributed by atoms with Crippen LogP contribution in [0.3, 0.4) is 0 Å². The Labute approximate surface area is 155 Å². The number of nitrogens with zero attached hydrogens (tertiary/aromatic N) is 2. The smallest absolute Gasteiger partial charge is 0.387 e. The molecule has 2 amide bonds. The highest BCUT2D eigenvalue weighted by Crippen LogP contribution is 2.23. The van der Waals surface area contributed by atoms with E-state index in [1.165, 1.54) is 17.0 Å². The molecule has 2 aromatic rings. The minimum absolute atomic E-state index is 0.0673. The summed E-state index contributed by atoms with van der Waals surface area (Å²) in [6, 6.07) is 9.67. The van der Waals surface area contributed by atoms with Crippen LogP contribution < -0.4 is 4.74 Å². The Kier molecular flexibility index (Phi) is 5.73. The summed E-state index contributed by atoms with van der Waals surface area (Å²) in [5, 5.41) is 0. The molecule has 0 unspecified atom stereocenters. The maximum atomic E-state index is 12.7. The summed E-state index contributed by atoms with van der Waals surface area (Å²) in [5.41, 5.74) is 0.782. The van der Waals surface area contributed by atoms with Crippen LogP contribution in [0.1, 0.15) is 17.7 Å². The second-order valence-electron chi connectivity index (χ2n) is 6.47. The van der Waals surface area contributed by atoms with Gasteiger partial charge in [0, 0.05) is 26.6 Å². The number of benzene rings is 1. The van der Waals surface area contributed by atoms with Crippen molar-refractivity contribution in [2.45, 2.75) is 26.1 Å². The molecule has 2 heterocycles. The van der Waals surface area contributed by atoms with E-state index >= 15 is 0 Å². The third-order valence-corrected chi connectivity index (χ3v) is 4.44. The van der Waals surface area contributed by atoms with Crippen molar-refractivity contribution in [2.75, 3.05) is 13.6 Å². The van der Waals surface area contributed by atoms with Gasteiger partial charge in [-0.2, -0.15) is 8.78 Å². The summed E-state index contributed by atoms with van der Waals surface area (Å²) >= 11 is 0. The Morgan fingerprint density at radius 1 is 1.33 bits per heavy atom. The van der Waals surface area contributed by atoms with E-state index in [1.54, 1.807) is 42.5 Å². The van der Waals surface area contributed by atoms with E-state index in [0.29, 0.717) is 25.4 Å². The van der Waals surface area contributed by atoms with Crippen LogP contribution in [0.4, 0.5) is 8.78 Å². The molecule has 0 radical (unpaired) electrons. The minimum atomic E-state index is -2.87. The lowest BCUT2D eigenvalue weighted by Crippen LogP contribution is -2.34. The zero-order valence-electron chi connectivity index (χ0n) is 14.8. The molecule has 0 aliphatic carbocycles. The van der Waals surface area contributed by atoms with Crippen LogP contribution in [-0.4, -0.2) is 41.8 Å². The molecule has 0 N–H and O–H groups in total. The molecule has 1 aromatic carbocycles. The molecule has 1 saturated heterocycles. The topological polar surface area (TPSA) is 63.0 Å². The Morgan fingerprint density at radius 2 is 2.07 bits per heavy atom. The SMILES string of the molecule is CN(Cc1ccc(OC(F)F)cc1)C(=O)[C@H]1CC(=O)N(Cc2ccco2)C1. The predicted molar refractivity (Wildman–Crippen MR) is 91.8 cm³/mol. The molecule has 8 heteroatoms. The van der Waals surface area contributed by atoms with Crippen LogP contribution in [0.5, 0.6) is 5.75 Å². The van der Waals surface area contributed by atoms with Crippen LogP contribution in [0.2, 0.25) is 0 Å². The van der Waals surface area contributed by atoms with E-state index in [-0.39, 0.29) is 24.0 Å². The third kappa shape index (κ3) is 4.84. The molecule has 1 fully saturated rings. The lowest BCUT2D eigenvalue weighted by atomic mass is 10.1. The Bertz CT molecular complexity index is 778. The lowest BCUT2D eigenvalue weighted by molar-refractivity contribution is -0.135. The second kappa shape index (κ2) is 8.20. The van der Waals surface area contributed by atoms with Gasteiger partial charge in [0.05, 0.1) is 18.7 Å². The van der Waals surface area contributed by atoms with Gasteiger partial charge in [-0.1, -0.05) is 12.1 Å². The molecular weight excluding hydrogens is 358 g/mol. The van der Waals surface area contributed by atoms with Crippen molar-refractivity contribution in [2.24, 2.45) is 5.92 Å². The predicted octanol–water partition coefficient (Wildman–Crippen LogP) is 2.89. The summed E-state index contributed by atoms with van der Waals surface area (Å²) in [6.07, 6.45) is 1.72. The number of carbonyl (C=O) groups excluding carboxylic acids is 2. The number of alkyl halides is 2. The monoisotopic (exact) mass is 378 g/mol. The highest BCUT2D eigenvalue weighted by Gasteiger charge is 2.36. The highest BCUT2D eigenvalue weighted by molar-refractivity contribution is 5.89. The van der Waals surface area contributed by atoms with Gasteiger partial charge in [0.2, 0.25) is 11.8 Å². The van der Waals surface area contributed by atoms with Crippen molar-refractivity contribution in [3.63, 3.8) is 0 Å². The van der Waals surface area contributed by atoms with Crippen LogP contribution in [-0.2, 0) is 22.7 Å². The first-order valence-electron chi connectivity index (χ1n) is 8.51. The van der Waals surface area contributed by atoms with Crippen LogP contribution in [0.25, 0.3) is 0 Å². The zero-order chi connectivity index (χ0) is 19.4. The van der Waals surface area contributed by atoms with Gasteiger partial charge in [-0.3, -0.25) is 9.59 Å². The zero-order valence-corrected chi connectivity index (χ0v) is 14.8. The van der Waals surface area contributed by atoms with Crippen LogP contribution in [0.15, 0.2) is 47.1 Å². The van der Waals surface area contributed by atoms with Crippen molar-refractivity contribution in [1.82, 2.24) is 9.80 Å². The standard InChI is InChI=1S/C19H20F2N2O4/c1-22(10-13-4-6-15(7-5-13)27-19(20)21)18(25)14-9-17(24)23(11-14)12-16-3-2-8-26-16/h2-8,14,19H,9-12H2,1H3/t14-/m0/s1. The lowest BCUT2D eigenvalue weighted by Gasteiger charge is -2.21. The van der Waals surface area contributed by atoms with E-state index in [9.17, 15) is 18.4 Å². The third-order valence-electron chi connectivity index (χ3n) is 4.44. The van der Waals surface area contributed by atoms with Crippen LogP contribution in [0, 0.1) is 5.92 Å². The molecular formula is C19H20F2N2O4. The fraction of sp³-hybridized carbons (Fsp3) is 0.368. The highest BCUT2D eigenvalue weighted by atomic mass is 19.3.